The molecule has 2 aromatic heterocycles. The molecule has 18 heavy (non-hydrogen) atoms. The lowest BCUT2D eigenvalue weighted by Crippen LogP contribution is -1.86. The molecule has 0 aliphatic heterocycles. The molecule has 0 aromatic carbocycles. The zero-order chi connectivity index (χ0) is 12.7. The Hall–Kier alpha value is -1.97. The number of furan rings is 1. The van der Waals surface area contributed by atoms with Crippen LogP contribution >= 0.6 is 0 Å². The van der Waals surface area contributed by atoms with E-state index in [9.17, 15) is 0 Å². The van der Waals surface area contributed by atoms with Gasteiger partial charge in [0.15, 0.2) is 5.76 Å². The minimum atomic E-state index is 0.578. The Kier molecular flexibility index (Phi) is 2.51. The SMILES string of the molecule is Cc1onc(C=Cc2ccc(C3CC3C)o2)c1N. The van der Waals surface area contributed by atoms with Crippen LogP contribution in [0.15, 0.2) is 21.1 Å². The van der Waals surface area contributed by atoms with E-state index in [1.54, 1.807) is 6.92 Å². The molecule has 3 rings (SSSR count). The fraction of sp³-hybridized carbons (Fsp3) is 0.357. The van der Waals surface area contributed by atoms with Gasteiger partial charge in [0, 0.05) is 5.92 Å². The van der Waals surface area contributed by atoms with Crippen LogP contribution in [0.4, 0.5) is 5.69 Å². The molecule has 0 bridgehead atoms. The molecule has 1 fully saturated rings. The average molecular weight is 244 g/mol. The first-order valence-electron chi connectivity index (χ1n) is 6.14. The third kappa shape index (κ3) is 1.94. The van der Waals surface area contributed by atoms with Crippen molar-refractivity contribution >= 4 is 17.8 Å². The topological polar surface area (TPSA) is 65.2 Å². The smallest absolute Gasteiger partial charge is 0.157 e. The van der Waals surface area contributed by atoms with Crippen molar-refractivity contribution in [3.8, 4) is 0 Å². The number of hydrogen-bond acceptors (Lipinski definition) is 4. The molecule has 2 atom stereocenters. The molecule has 1 aliphatic carbocycles. The summed E-state index contributed by atoms with van der Waals surface area (Å²) in [6.07, 6.45) is 4.90. The molecule has 1 aliphatic rings. The van der Waals surface area contributed by atoms with Crippen molar-refractivity contribution in [1.29, 1.82) is 0 Å². The summed E-state index contributed by atoms with van der Waals surface area (Å²) in [6, 6.07) is 4.02. The first-order chi connectivity index (χ1) is 8.65. The van der Waals surface area contributed by atoms with Gasteiger partial charge in [0.05, 0.1) is 0 Å². The zero-order valence-corrected chi connectivity index (χ0v) is 10.5. The highest BCUT2D eigenvalue weighted by Crippen LogP contribution is 2.47. The summed E-state index contributed by atoms with van der Waals surface area (Å²) in [6.45, 7) is 4.03. The normalized spacial score (nSPS) is 22.8. The van der Waals surface area contributed by atoms with Gasteiger partial charge in [-0.1, -0.05) is 12.1 Å². The Morgan fingerprint density at radius 1 is 1.39 bits per heavy atom. The number of hydrogen-bond donors (Lipinski definition) is 1. The molecule has 1 saturated carbocycles. The third-order valence-corrected chi connectivity index (χ3v) is 3.46. The number of rotatable bonds is 3. The Morgan fingerprint density at radius 3 is 2.78 bits per heavy atom. The first-order valence-corrected chi connectivity index (χ1v) is 6.14. The fourth-order valence-corrected chi connectivity index (χ4v) is 2.05. The molecule has 0 amide bonds. The van der Waals surface area contributed by atoms with E-state index in [0.29, 0.717) is 23.1 Å². The monoisotopic (exact) mass is 244 g/mol. The Morgan fingerprint density at radius 2 is 2.17 bits per heavy atom. The maximum Gasteiger partial charge on any atom is 0.157 e. The molecular formula is C14H16N2O2. The minimum Gasteiger partial charge on any atom is -0.461 e. The summed E-state index contributed by atoms with van der Waals surface area (Å²) >= 11 is 0. The number of nitrogens with two attached hydrogens (primary N) is 1. The molecule has 0 radical (unpaired) electrons. The van der Waals surface area contributed by atoms with Crippen LogP contribution in [0.3, 0.4) is 0 Å². The van der Waals surface area contributed by atoms with E-state index in [0.717, 1.165) is 17.4 Å². The summed E-state index contributed by atoms with van der Waals surface area (Å²) in [4.78, 5) is 0. The van der Waals surface area contributed by atoms with E-state index in [-0.39, 0.29) is 0 Å². The van der Waals surface area contributed by atoms with Gasteiger partial charge >= 0.3 is 0 Å². The third-order valence-electron chi connectivity index (χ3n) is 3.46. The highest BCUT2D eigenvalue weighted by Gasteiger charge is 2.36. The lowest BCUT2D eigenvalue weighted by Gasteiger charge is -1.90. The summed E-state index contributed by atoms with van der Waals surface area (Å²) in [7, 11) is 0. The van der Waals surface area contributed by atoms with E-state index in [1.165, 1.54) is 6.42 Å². The maximum absolute atomic E-state index is 5.81. The summed E-state index contributed by atoms with van der Waals surface area (Å²) in [5, 5.41) is 3.87. The van der Waals surface area contributed by atoms with E-state index < -0.39 is 0 Å². The van der Waals surface area contributed by atoms with Crippen molar-refractivity contribution in [2.45, 2.75) is 26.2 Å². The van der Waals surface area contributed by atoms with E-state index in [1.807, 2.05) is 24.3 Å². The van der Waals surface area contributed by atoms with Crippen LogP contribution in [0.25, 0.3) is 12.2 Å². The van der Waals surface area contributed by atoms with E-state index in [2.05, 4.69) is 12.1 Å². The van der Waals surface area contributed by atoms with Gasteiger partial charge < -0.3 is 14.7 Å². The molecule has 4 heteroatoms. The van der Waals surface area contributed by atoms with Gasteiger partial charge in [0.25, 0.3) is 0 Å². The zero-order valence-electron chi connectivity index (χ0n) is 10.5. The second-order valence-electron chi connectivity index (χ2n) is 4.93. The van der Waals surface area contributed by atoms with Crippen LogP contribution in [0.2, 0.25) is 0 Å². The molecule has 4 nitrogen and oxygen atoms in total. The quantitative estimate of drug-likeness (QED) is 0.898. The van der Waals surface area contributed by atoms with Gasteiger partial charge in [0.1, 0.15) is 22.9 Å². The van der Waals surface area contributed by atoms with Crippen LogP contribution in [-0.4, -0.2) is 5.16 Å². The van der Waals surface area contributed by atoms with Crippen LogP contribution in [-0.2, 0) is 0 Å². The predicted octanol–water partition coefficient (Wildman–Crippen LogP) is 3.45. The highest BCUT2D eigenvalue weighted by atomic mass is 16.5. The van der Waals surface area contributed by atoms with Gasteiger partial charge in [-0.25, -0.2) is 0 Å². The minimum absolute atomic E-state index is 0.578. The van der Waals surface area contributed by atoms with Crippen molar-refractivity contribution in [2.75, 3.05) is 5.73 Å². The van der Waals surface area contributed by atoms with E-state index >= 15 is 0 Å². The fourth-order valence-electron chi connectivity index (χ4n) is 2.05. The molecule has 94 valence electrons. The second-order valence-corrected chi connectivity index (χ2v) is 4.93. The summed E-state index contributed by atoms with van der Waals surface area (Å²) in [5.41, 5.74) is 7.03. The van der Waals surface area contributed by atoms with Crippen LogP contribution in [0.5, 0.6) is 0 Å². The van der Waals surface area contributed by atoms with Crippen molar-refractivity contribution in [3.05, 3.63) is 35.1 Å². The van der Waals surface area contributed by atoms with Crippen LogP contribution in [0.1, 0.15) is 42.2 Å². The first kappa shape index (κ1) is 11.1. The van der Waals surface area contributed by atoms with Gasteiger partial charge in [-0.3, -0.25) is 0 Å². The number of nitrogen functional groups attached to an aromatic ring is 1. The molecule has 2 aromatic rings. The van der Waals surface area contributed by atoms with Crippen molar-refractivity contribution in [3.63, 3.8) is 0 Å². The molecule has 2 heterocycles. The van der Waals surface area contributed by atoms with Crippen molar-refractivity contribution in [1.82, 2.24) is 5.16 Å². The lowest BCUT2D eigenvalue weighted by atomic mass is 10.2. The van der Waals surface area contributed by atoms with Gasteiger partial charge in [0.2, 0.25) is 0 Å². The van der Waals surface area contributed by atoms with Crippen molar-refractivity contribution < 1.29 is 8.94 Å². The molecule has 2 N–H and O–H groups in total. The number of nitrogens with zero attached hydrogens (tertiary/aromatic N) is 1. The number of aryl methyl sites for hydroxylation is 1. The molecule has 0 saturated heterocycles. The second kappa shape index (κ2) is 4.05. The highest BCUT2D eigenvalue weighted by molar-refractivity contribution is 5.72. The molecule has 2 unspecified atom stereocenters. The van der Waals surface area contributed by atoms with Crippen LogP contribution in [0, 0.1) is 12.8 Å². The lowest BCUT2D eigenvalue weighted by molar-refractivity contribution is 0.396. The number of anilines is 1. The van der Waals surface area contributed by atoms with Gasteiger partial charge in [-0.15, -0.1) is 0 Å². The molecule has 0 spiro atoms. The Balaban J connectivity index is 1.76. The van der Waals surface area contributed by atoms with Crippen molar-refractivity contribution in [2.24, 2.45) is 5.92 Å². The standard InChI is InChI=1S/C14H16N2O2/c1-8-7-11(8)13-6-4-10(17-13)3-5-12-14(15)9(2)18-16-12/h3-6,8,11H,7,15H2,1-2H3. The maximum atomic E-state index is 5.81. The summed E-state index contributed by atoms with van der Waals surface area (Å²) in [5.74, 6) is 3.89. The Labute approximate surface area is 105 Å². The largest absolute Gasteiger partial charge is 0.461 e. The molecular weight excluding hydrogens is 228 g/mol. The Bertz CT molecular complexity index is 595. The average Bonchev–Trinajstić information content (AvgIpc) is 2.78. The predicted molar refractivity (Wildman–Crippen MR) is 69.8 cm³/mol. The van der Waals surface area contributed by atoms with Gasteiger partial charge in [-0.2, -0.15) is 0 Å². The van der Waals surface area contributed by atoms with E-state index in [4.69, 9.17) is 14.7 Å². The van der Waals surface area contributed by atoms with Crippen LogP contribution < -0.4 is 5.73 Å². The number of aromatic nitrogens is 1. The summed E-state index contributed by atoms with van der Waals surface area (Å²) < 4.78 is 10.8. The van der Waals surface area contributed by atoms with Gasteiger partial charge in [-0.05, 0) is 43.5 Å².